The van der Waals surface area contributed by atoms with E-state index in [0.717, 1.165) is 36.0 Å². The molecule has 0 bridgehead atoms. The zero-order valence-corrected chi connectivity index (χ0v) is 15.1. The van der Waals surface area contributed by atoms with E-state index in [1.54, 1.807) is 6.07 Å². The van der Waals surface area contributed by atoms with Crippen molar-refractivity contribution in [1.82, 2.24) is 0 Å². The maximum Gasteiger partial charge on any atom is 0.513 e. The lowest BCUT2D eigenvalue weighted by Crippen LogP contribution is -2.11. The predicted octanol–water partition coefficient (Wildman–Crippen LogP) is 5.50. The van der Waals surface area contributed by atoms with Crippen molar-refractivity contribution in [3.63, 3.8) is 0 Å². The molecule has 0 spiro atoms. The Morgan fingerprint density at radius 1 is 1.20 bits per heavy atom. The van der Waals surface area contributed by atoms with E-state index in [0.29, 0.717) is 22.4 Å². The zero-order valence-electron chi connectivity index (χ0n) is 14.4. The van der Waals surface area contributed by atoms with Gasteiger partial charge < -0.3 is 14.2 Å². The maximum atomic E-state index is 11.5. The predicted molar refractivity (Wildman–Crippen MR) is 96.6 cm³/mol. The summed E-state index contributed by atoms with van der Waals surface area (Å²) >= 11 is 6.31. The van der Waals surface area contributed by atoms with Crippen molar-refractivity contribution in [3.05, 3.63) is 58.1 Å². The van der Waals surface area contributed by atoms with Crippen LogP contribution in [0, 0.1) is 0 Å². The average Bonchev–Trinajstić information content (AvgIpc) is 3.46. The van der Waals surface area contributed by atoms with Crippen molar-refractivity contribution in [2.75, 3.05) is 7.11 Å². The number of carbonyl (C=O) groups excluding carboxylic acids is 1. The Bertz CT molecular complexity index is 768. The van der Waals surface area contributed by atoms with Crippen molar-refractivity contribution < 1.29 is 19.0 Å². The molecule has 0 atom stereocenters. The molecule has 3 rings (SSSR count). The molecule has 2 aromatic carbocycles. The molecule has 1 fully saturated rings. The summed E-state index contributed by atoms with van der Waals surface area (Å²) in [5.74, 6) is 1.59. The van der Waals surface area contributed by atoms with Gasteiger partial charge in [0.15, 0.2) is 0 Å². The normalized spacial score (nSPS) is 13.4. The van der Waals surface area contributed by atoms with Gasteiger partial charge >= 0.3 is 6.16 Å². The molecule has 1 aliphatic rings. The van der Waals surface area contributed by atoms with Crippen LogP contribution >= 0.6 is 11.6 Å². The minimum atomic E-state index is -0.737. The van der Waals surface area contributed by atoms with Crippen LogP contribution in [-0.2, 0) is 17.8 Å². The van der Waals surface area contributed by atoms with Gasteiger partial charge in [0.05, 0.1) is 12.1 Å². The molecule has 0 heterocycles. The highest BCUT2D eigenvalue weighted by Gasteiger charge is 2.28. The standard InChI is InChI=1S/C20H21ClO4/c1-3-13-7-10-19(17(21)11-13)24-12-16-15(14-8-9-14)5-4-6-18(16)25-20(22)23-2/h4-7,10-11,14H,3,8-9,12H2,1-2H3. The first-order chi connectivity index (χ1) is 12.1. The highest BCUT2D eigenvalue weighted by atomic mass is 35.5. The first-order valence-corrected chi connectivity index (χ1v) is 8.79. The van der Waals surface area contributed by atoms with E-state index in [9.17, 15) is 4.79 Å². The van der Waals surface area contributed by atoms with Gasteiger partial charge in [0.25, 0.3) is 0 Å². The van der Waals surface area contributed by atoms with Crippen LogP contribution in [0.3, 0.4) is 0 Å². The third-order valence-corrected chi connectivity index (χ3v) is 4.62. The lowest BCUT2D eigenvalue weighted by atomic mass is 10.0. The zero-order chi connectivity index (χ0) is 17.8. The van der Waals surface area contributed by atoms with Gasteiger partial charge in [-0.2, -0.15) is 0 Å². The molecule has 1 saturated carbocycles. The Labute approximate surface area is 152 Å². The third-order valence-electron chi connectivity index (χ3n) is 4.32. The monoisotopic (exact) mass is 360 g/mol. The first kappa shape index (κ1) is 17.6. The highest BCUT2D eigenvalue weighted by Crippen LogP contribution is 2.44. The second-order valence-corrected chi connectivity index (χ2v) is 6.47. The van der Waals surface area contributed by atoms with Crippen LogP contribution in [0.4, 0.5) is 4.79 Å². The van der Waals surface area contributed by atoms with Gasteiger partial charge in [-0.1, -0.05) is 36.7 Å². The molecule has 2 aromatic rings. The van der Waals surface area contributed by atoms with Gasteiger partial charge in [0, 0.05) is 5.56 Å². The molecule has 4 nitrogen and oxygen atoms in total. The second-order valence-electron chi connectivity index (χ2n) is 6.06. The molecule has 25 heavy (non-hydrogen) atoms. The van der Waals surface area contributed by atoms with Crippen LogP contribution < -0.4 is 9.47 Å². The molecule has 0 saturated heterocycles. The van der Waals surface area contributed by atoms with E-state index in [2.05, 4.69) is 17.7 Å². The van der Waals surface area contributed by atoms with Crippen LogP contribution in [0.2, 0.25) is 5.02 Å². The van der Waals surface area contributed by atoms with Crippen molar-refractivity contribution in [1.29, 1.82) is 0 Å². The number of methoxy groups -OCH3 is 1. The summed E-state index contributed by atoms with van der Waals surface area (Å²) in [6, 6.07) is 11.5. The quantitative estimate of drug-likeness (QED) is 0.503. The summed E-state index contributed by atoms with van der Waals surface area (Å²) in [7, 11) is 1.29. The Morgan fingerprint density at radius 2 is 2.00 bits per heavy atom. The molecule has 1 aliphatic carbocycles. The van der Waals surface area contributed by atoms with Crippen molar-refractivity contribution in [3.8, 4) is 11.5 Å². The summed E-state index contributed by atoms with van der Waals surface area (Å²) in [6.07, 6.45) is 2.46. The Balaban J connectivity index is 1.84. The van der Waals surface area contributed by atoms with Gasteiger partial charge in [0.2, 0.25) is 0 Å². The molecule has 5 heteroatoms. The summed E-state index contributed by atoms with van der Waals surface area (Å²) in [5, 5.41) is 0.582. The molecular weight excluding hydrogens is 340 g/mol. The number of ether oxygens (including phenoxy) is 3. The van der Waals surface area contributed by atoms with Gasteiger partial charge in [0.1, 0.15) is 18.1 Å². The van der Waals surface area contributed by atoms with Crippen molar-refractivity contribution in [2.24, 2.45) is 0 Å². The summed E-state index contributed by atoms with van der Waals surface area (Å²) in [6.45, 7) is 2.36. The van der Waals surface area contributed by atoms with Gasteiger partial charge in [-0.15, -0.1) is 0 Å². The number of hydrogen-bond donors (Lipinski definition) is 0. The van der Waals surface area contributed by atoms with Crippen LogP contribution in [-0.4, -0.2) is 13.3 Å². The Morgan fingerprint density at radius 3 is 2.64 bits per heavy atom. The molecule has 0 unspecified atom stereocenters. The number of hydrogen-bond acceptors (Lipinski definition) is 4. The van der Waals surface area contributed by atoms with Crippen LogP contribution in [0.1, 0.15) is 42.4 Å². The van der Waals surface area contributed by atoms with E-state index < -0.39 is 6.16 Å². The number of carbonyl (C=O) groups is 1. The lowest BCUT2D eigenvalue weighted by Gasteiger charge is -2.16. The highest BCUT2D eigenvalue weighted by molar-refractivity contribution is 6.32. The lowest BCUT2D eigenvalue weighted by molar-refractivity contribution is 0.120. The van der Waals surface area contributed by atoms with E-state index in [1.807, 2.05) is 24.3 Å². The fraction of sp³-hybridized carbons (Fsp3) is 0.350. The first-order valence-electron chi connectivity index (χ1n) is 8.41. The molecule has 0 N–H and O–H groups in total. The molecule has 0 aromatic heterocycles. The number of aryl methyl sites for hydroxylation is 1. The van der Waals surface area contributed by atoms with Crippen molar-refractivity contribution in [2.45, 2.75) is 38.7 Å². The van der Waals surface area contributed by atoms with Gasteiger partial charge in [-0.05, 0) is 54.5 Å². The van der Waals surface area contributed by atoms with E-state index in [1.165, 1.54) is 7.11 Å². The SMILES string of the molecule is CCc1ccc(OCc2c(OC(=O)OC)cccc2C2CC2)c(Cl)c1. The largest absolute Gasteiger partial charge is 0.513 e. The Kier molecular flexibility index (Phi) is 5.49. The second kappa shape index (κ2) is 7.79. The van der Waals surface area contributed by atoms with E-state index in [-0.39, 0.29) is 6.61 Å². The topological polar surface area (TPSA) is 44.8 Å². The van der Waals surface area contributed by atoms with Crippen LogP contribution in [0.25, 0.3) is 0 Å². The minimum absolute atomic E-state index is 0.282. The number of halogens is 1. The molecule has 0 amide bonds. The van der Waals surface area contributed by atoms with Gasteiger partial charge in [-0.25, -0.2) is 4.79 Å². The fourth-order valence-corrected chi connectivity index (χ4v) is 3.03. The van der Waals surface area contributed by atoms with E-state index >= 15 is 0 Å². The molecule has 132 valence electrons. The summed E-state index contributed by atoms with van der Waals surface area (Å²) in [4.78, 5) is 11.5. The van der Waals surface area contributed by atoms with Crippen LogP contribution in [0.5, 0.6) is 11.5 Å². The maximum absolute atomic E-state index is 11.5. The number of rotatable bonds is 6. The van der Waals surface area contributed by atoms with E-state index in [4.69, 9.17) is 21.1 Å². The van der Waals surface area contributed by atoms with Crippen LogP contribution in [0.15, 0.2) is 36.4 Å². The Hall–Kier alpha value is -2.20. The summed E-state index contributed by atoms with van der Waals surface area (Å²) < 4.78 is 15.8. The third kappa shape index (κ3) is 4.26. The summed E-state index contributed by atoms with van der Waals surface area (Å²) in [5.41, 5.74) is 3.18. The smallest absolute Gasteiger partial charge is 0.487 e. The molecular formula is C20H21ClO4. The number of benzene rings is 2. The average molecular weight is 361 g/mol. The fourth-order valence-electron chi connectivity index (χ4n) is 2.77. The molecule has 0 radical (unpaired) electrons. The van der Waals surface area contributed by atoms with Crippen molar-refractivity contribution >= 4 is 17.8 Å². The minimum Gasteiger partial charge on any atom is -0.487 e. The molecule has 0 aliphatic heterocycles. The van der Waals surface area contributed by atoms with Gasteiger partial charge in [-0.3, -0.25) is 0 Å².